The van der Waals surface area contributed by atoms with Gasteiger partial charge in [-0.05, 0) is 19.4 Å². The Morgan fingerprint density at radius 3 is 2.33 bits per heavy atom. The van der Waals surface area contributed by atoms with Crippen molar-refractivity contribution in [2.24, 2.45) is 5.73 Å². The molecule has 0 unspecified atom stereocenters. The van der Waals surface area contributed by atoms with Crippen molar-refractivity contribution in [3.63, 3.8) is 0 Å². The lowest BCUT2D eigenvalue weighted by molar-refractivity contribution is 0.390. The summed E-state index contributed by atoms with van der Waals surface area (Å²) >= 11 is 0. The molecule has 2 N–H and O–H groups in total. The Morgan fingerprint density at radius 1 is 1.27 bits per heavy atom. The maximum Gasteiger partial charge on any atom is 0.125 e. The molecule has 0 aliphatic heterocycles. The van der Waals surface area contributed by atoms with E-state index in [-0.39, 0.29) is 5.41 Å². The monoisotopic (exact) mass is 207 g/mol. The van der Waals surface area contributed by atoms with Crippen LogP contribution < -0.4 is 10.5 Å². The van der Waals surface area contributed by atoms with Crippen LogP contribution in [0.25, 0.3) is 0 Å². The smallest absolute Gasteiger partial charge is 0.125 e. The summed E-state index contributed by atoms with van der Waals surface area (Å²) in [5.41, 5.74) is 9.40. The molecule has 15 heavy (non-hydrogen) atoms. The van der Waals surface area contributed by atoms with E-state index in [4.69, 9.17) is 10.5 Å². The number of hydrogen-bond acceptors (Lipinski definition) is 2. The van der Waals surface area contributed by atoms with E-state index < -0.39 is 0 Å². The molecule has 0 aliphatic carbocycles. The van der Waals surface area contributed by atoms with Crippen LogP contribution in [-0.4, -0.2) is 13.7 Å². The molecule has 0 aromatic heterocycles. The number of nitrogens with two attached hydrogens (primary N) is 1. The van der Waals surface area contributed by atoms with Gasteiger partial charge in [0.25, 0.3) is 0 Å². The number of rotatable bonds is 3. The molecule has 0 spiro atoms. The topological polar surface area (TPSA) is 35.2 Å². The van der Waals surface area contributed by atoms with Crippen molar-refractivity contribution in [1.82, 2.24) is 0 Å². The first-order chi connectivity index (χ1) is 6.92. The third kappa shape index (κ3) is 2.32. The molecule has 0 heterocycles. The Labute approximate surface area is 92.4 Å². The van der Waals surface area contributed by atoms with Gasteiger partial charge in [0.15, 0.2) is 0 Å². The van der Waals surface area contributed by atoms with Crippen LogP contribution in [0, 0.1) is 13.8 Å². The Balaban J connectivity index is 3.39. The van der Waals surface area contributed by atoms with Crippen molar-refractivity contribution in [2.45, 2.75) is 33.1 Å². The van der Waals surface area contributed by atoms with E-state index in [0.29, 0.717) is 6.54 Å². The van der Waals surface area contributed by atoms with Crippen molar-refractivity contribution in [3.8, 4) is 5.75 Å². The van der Waals surface area contributed by atoms with Gasteiger partial charge >= 0.3 is 0 Å². The first-order valence-electron chi connectivity index (χ1n) is 5.28. The predicted molar refractivity (Wildman–Crippen MR) is 64.5 cm³/mol. The zero-order valence-corrected chi connectivity index (χ0v) is 10.3. The van der Waals surface area contributed by atoms with Gasteiger partial charge in [-0.1, -0.05) is 31.5 Å². The van der Waals surface area contributed by atoms with E-state index in [1.807, 2.05) is 0 Å². The Kier molecular flexibility index (Phi) is 3.40. The summed E-state index contributed by atoms with van der Waals surface area (Å²) in [4.78, 5) is 0. The molecule has 0 atom stereocenters. The van der Waals surface area contributed by atoms with Gasteiger partial charge in [0.2, 0.25) is 0 Å². The summed E-state index contributed by atoms with van der Waals surface area (Å²) in [5.74, 6) is 0.969. The van der Waals surface area contributed by atoms with E-state index in [1.165, 1.54) is 16.7 Å². The highest BCUT2D eigenvalue weighted by Crippen LogP contribution is 2.34. The van der Waals surface area contributed by atoms with E-state index in [0.717, 1.165) is 5.75 Å². The lowest BCUT2D eigenvalue weighted by Gasteiger charge is -2.26. The van der Waals surface area contributed by atoms with Crippen LogP contribution in [0.1, 0.15) is 30.5 Å². The van der Waals surface area contributed by atoms with E-state index in [2.05, 4.69) is 39.8 Å². The molecule has 1 rings (SSSR count). The van der Waals surface area contributed by atoms with Crippen LogP contribution in [0.15, 0.2) is 12.1 Å². The summed E-state index contributed by atoms with van der Waals surface area (Å²) in [6.07, 6.45) is 0. The number of benzene rings is 1. The molecule has 0 bridgehead atoms. The van der Waals surface area contributed by atoms with Gasteiger partial charge < -0.3 is 10.5 Å². The predicted octanol–water partition coefficient (Wildman–Crippen LogP) is 2.55. The normalized spacial score (nSPS) is 11.6. The third-order valence-corrected chi connectivity index (χ3v) is 2.86. The second kappa shape index (κ2) is 4.23. The van der Waals surface area contributed by atoms with E-state index >= 15 is 0 Å². The standard InChI is InChI=1S/C13H21NO/c1-9-6-10(2)12(15-5)11(7-9)13(3,4)8-14/h6-7H,8,14H2,1-5H3. The fourth-order valence-corrected chi connectivity index (χ4v) is 1.84. The van der Waals surface area contributed by atoms with Gasteiger partial charge in [0, 0.05) is 17.5 Å². The molecule has 0 radical (unpaired) electrons. The number of ether oxygens (including phenoxy) is 1. The highest BCUT2D eigenvalue weighted by molar-refractivity contribution is 5.47. The average molecular weight is 207 g/mol. The van der Waals surface area contributed by atoms with Crippen LogP contribution in [0.5, 0.6) is 5.75 Å². The highest BCUT2D eigenvalue weighted by atomic mass is 16.5. The van der Waals surface area contributed by atoms with Crippen molar-refractivity contribution >= 4 is 0 Å². The van der Waals surface area contributed by atoms with E-state index in [1.54, 1.807) is 7.11 Å². The lowest BCUT2D eigenvalue weighted by atomic mass is 9.82. The number of hydrogen-bond donors (Lipinski definition) is 1. The molecule has 0 amide bonds. The molecular weight excluding hydrogens is 186 g/mol. The van der Waals surface area contributed by atoms with Crippen LogP contribution in [0.2, 0.25) is 0 Å². The van der Waals surface area contributed by atoms with Crippen LogP contribution >= 0.6 is 0 Å². The summed E-state index contributed by atoms with van der Waals surface area (Å²) in [6, 6.07) is 4.30. The fraction of sp³-hybridized carbons (Fsp3) is 0.538. The minimum absolute atomic E-state index is 0.0396. The molecule has 0 aliphatic rings. The average Bonchev–Trinajstić information content (AvgIpc) is 2.16. The molecule has 2 heteroatoms. The summed E-state index contributed by atoms with van der Waals surface area (Å²) in [5, 5.41) is 0. The lowest BCUT2D eigenvalue weighted by Crippen LogP contribution is -2.29. The minimum Gasteiger partial charge on any atom is -0.496 e. The summed E-state index contributed by atoms with van der Waals surface area (Å²) in [6.45, 7) is 9.07. The second-order valence-electron chi connectivity index (χ2n) is 4.75. The Hall–Kier alpha value is -1.02. The SMILES string of the molecule is COc1c(C)cc(C)cc1C(C)(C)CN. The molecule has 1 aromatic carbocycles. The van der Waals surface area contributed by atoms with E-state index in [9.17, 15) is 0 Å². The van der Waals surface area contributed by atoms with Gasteiger partial charge in [-0.2, -0.15) is 0 Å². The molecule has 0 saturated heterocycles. The fourth-order valence-electron chi connectivity index (χ4n) is 1.84. The first kappa shape index (κ1) is 12.1. The van der Waals surface area contributed by atoms with Crippen molar-refractivity contribution in [2.75, 3.05) is 13.7 Å². The Bertz CT molecular complexity index is 356. The summed E-state index contributed by atoms with van der Waals surface area (Å²) in [7, 11) is 1.72. The highest BCUT2D eigenvalue weighted by Gasteiger charge is 2.23. The second-order valence-corrected chi connectivity index (χ2v) is 4.75. The number of methoxy groups -OCH3 is 1. The number of aryl methyl sites for hydroxylation is 2. The van der Waals surface area contributed by atoms with Gasteiger partial charge in [-0.3, -0.25) is 0 Å². The zero-order chi connectivity index (χ0) is 11.6. The largest absolute Gasteiger partial charge is 0.496 e. The zero-order valence-electron chi connectivity index (χ0n) is 10.3. The van der Waals surface area contributed by atoms with Gasteiger partial charge in [-0.25, -0.2) is 0 Å². The third-order valence-electron chi connectivity index (χ3n) is 2.86. The first-order valence-corrected chi connectivity index (χ1v) is 5.28. The Morgan fingerprint density at radius 2 is 1.87 bits per heavy atom. The quantitative estimate of drug-likeness (QED) is 0.826. The summed E-state index contributed by atoms with van der Waals surface area (Å²) < 4.78 is 5.46. The van der Waals surface area contributed by atoms with Gasteiger partial charge in [0.1, 0.15) is 5.75 Å². The van der Waals surface area contributed by atoms with Crippen LogP contribution in [-0.2, 0) is 5.41 Å². The van der Waals surface area contributed by atoms with Crippen LogP contribution in [0.3, 0.4) is 0 Å². The van der Waals surface area contributed by atoms with Crippen molar-refractivity contribution < 1.29 is 4.74 Å². The minimum atomic E-state index is -0.0396. The molecule has 1 aromatic rings. The molecule has 0 saturated carbocycles. The maximum atomic E-state index is 5.81. The molecule has 84 valence electrons. The molecule has 2 nitrogen and oxygen atoms in total. The van der Waals surface area contributed by atoms with Gasteiger partial charge in [0.05, 0.1) is 7.11 Å². The van der Waals surface area contributed by atoms with Crippen molar-refractivity contribution in [1.29, 1.82) is 0 Å². The maximum absolute atomic E-state index is 5.81. The molecule has 0 fully saturated rings. The van der Waals surface area contributed by atoms with Gasteiger partial charge in [-0.15, -0.1) is 0 Å². The van der Waals surface area contributed by atoms with Crippen molar-refractivity contribution in [3.05, 3.63) is 28.8 Å². The van der Waals surface area contributed by atoms with Crippen LogP contribution in [0.4, 0.5) is 0 Å². The molecular formula is C13H21NO.